The van der Waals surface area contributed by atoms with E-state index in [1.807, 2.05) is 30.7 Å². The smallest absolute Gasteiger partial charge is 0.129 e. The van der Waals surface area contributed by atoms with E-state index in [0.29, 0.717) is 5.92 Å². The molecule has 0 spiro atoms. The highest BCUT2D eigenvalue weighted by molar-refractivity contribution is 5.69. The van der Waals surface area contributed by atoms with Gasteiger partial charge in [0, 0.05) is 29.9 Å². The first-order valence-electron chi connectivity index (χ1n) is 9.07. The number of anilines is 1. The third kappa shape index (κ3) is 2.30. The lowest BCUT2D eigenvalue weighted by Crippen LogP contribution is -2.36. The molecule has 0 saturated carbocycles. The van der Waals surface area contributed by atoms with Gasteiger partial charge in [-0.1, -0.05) is 12.1 Å². The average Bonchev–Trinajstić information content (AvgIpc) is 3.24. The van der Waals surface area contributed by atoms with Gasteiger partial charge in [-0.25, -0.2) is 9.37 Å². The van der Waals surface area contributed by atoms with E-state index in [-0.39, 0.29) is 17.6 Å². The summed E-state index contributed by atoms with van der Waals surface area (Å²) in [6, 6.07) is 12.7. The molecule has 3 heterocycles. The Morgan fingerprint density at radius 2 is 1.81 bits per heavy atom. The van der Waals surface area contributed by atoms with Gasteiger partial charge in [0.25, 0.3) is 0 Å². The van der Waals surface area contributed by atoms with Crippen molar-refractivity contribution in [3.63, 3.8) is 0 Å². The van der Waals surface area contributed by atoms with Gasteiger partial charge in [0.15, 0.2) is 0 Å². The van der Waals surface area contributed by atoms with E-state index < -0.39 is 0 Å². The van der Waals surface area contributed by atoms with Crippen molar-refractivity contribution in [1.82, 2.24) is 9.55 Å². The number of phenols is 1. The zero-order valence-electron chi connectivity index (χ0n) is 14.3. The van der Waals surface area contributed by atoms with E-state index >= 15 is 0 Å². The Hall–Kier alpha value is -2.82. The molecule has 1 unspecified atom stereocenters. The summed E-state index contributed by atoms with van der Waals surface area (Å²) in [6.45, 7) is 1.86. The minimum atomic E-state index is -0.114. The molecule has 2 aliphatic heterocycles. The number of aromatic hydroxyl groups is 1. The van der Waals surface area contributed by atoms with Crippen LogP contribution in [0.1, 0.15) is 24.4 Å². The number of benzene rings is 2. The van der Waals surface area contributed by atoms with Crippen molar-refractivity contribution in [3.8, 4) is 17.0 Å². The number of hydrogen-bond acceptors (Lipinski definition) is 3. The molecule has 5 rings (SSSR count). The molecule has 0 amide bonds. The molecule has 1 saturated heterocycles. The number of fused-ring (bicyclic) bond motifs is 3. The topological polar surface area (TPSA) is 41.3 Å². The first kappa shape index (κ1) is 15.4. The maximum atomic E-state index is 14.6. The molecule has 5 heteroatoms. The molecule has 132 valence electrons. The van der Waals surface area contributed by atoms with Gasteiger partial charge >= 0.3 is 0 Å². The van der Waals surface area contributed by atoms with Crippen molar-refractivity contribution >= 4 is 5.69 Å². The number of rotatable bonds is 2. The highest BCUT2D eigenvalue weighted by Gasteiger charge is 2.37. The van der Waals surface area contributed by atoms with Gasteiger partial charge in [-0.05, 0) is 49.1 Å². The number of piperidine rings is 1. The number of imidazole rings is 1. The van der Waals surface area contributed by atoms with Crippen LogP contribution in [0.15, 0.2) is 55.0 Å². The van der Waals surface area contributed by atoms with Gasteiger partial charge in [-0.3, -0.25) is 0 Å². The second-order valence-corrected chi connectivity index (χ2v) is 7.17. The van der Waals surface area contributed by atoms with Gasteiger partial charge in [0.1, 0.15) is 11.6 Å². The summed E-state index contributed by atoms with van der Waals surface area (Å²) < 4.78 is 16.8. The molecular formula is C21H20FN3O. The molecule has 2 aliphatic rings. The zero-order chi connectivity index (χ0) is 17.7. The normalized spacial score (nSPS) is 19.4. The average molecular weight is 349 g/mol. The number of nitrogens with zero attached hydrogens (tertiary/aromatic N) is 3. The van der Waals surface area contributed by atoms with E-state index in [0.717, 1.165) is 48.4 Å². The number of aromatic nitrogens is 2. The van der Waals surface area contributed by atoms with Crippen molar-refractivity contribution in [2.75, 3.05) is 18.0 Å². The van der Waals surface area contributed by atoms with E-state index in [2.05, 4.69) is 14.5 Å². The Labute approximate surface area is 151 Å². The van der Waals surface area contributed by atoms with Gasteiger partial charge in [0.2, 0.25) is 0 Å². The van der Waals surface area contributed by atoms with Crippen LogP contribution in [0.25, 0.3) is 11.3 Å². The van der Waals surface area contributed by atoms with Crippen molar-refractivity contribution in [2.24, 2.45) is 5.92 Å². The number of hydrogen-bond donors (Lipinski definition) is 1. The lowest BCUT2D eigenvalue weighted by atomic mass is 9.85. The van der Waals surface area contributed by atoms with Gasteiger partial charge < -0.3 is 14.6 Å². The van der Waals surface area contributed by atoms with E-state index in [4.69, 9.17) is 0 Å². The van der Waals surface area contributed by atoms with Crippen molar-refractivity contribution in [2.45, 2.75) is 18.9 Å². The van der Waals surface area contributed by atoms with Gasteiger partial charge in [-0.2, -0.15) is 0 Å². The quantitative estimate of drug-likeness (QED) is 0.753. The van der Waals surface area contributed by atoms with Crippen LogP contribution < -0.4 is 4.90 Å². The third-order valence-corrected chi connectivity index (χ3v) is 5.79. The first-order valence-corrected chi connectivity index (χ1v) is 9.07. The summed E-state index contributed by atoms with van der Waals surface area (Å²) in [5.41, 5.74) is 3.95. The van der Waals surface area contributed by atoms with Crippen LogP contribution in [0, 0.1) is 11.7 Å². The number of phenolic OH excluding ortho intramolecular Hbond substituents is 1. The summed E-state index contributed by atoms with van der Waals surface area (Å²) >= 11 is 0. The molecule has 3 aromatic rings. The molecule has 1 fully saturated rings. The lowest BCUT2D eigenvalue weighted by Gasteiger charge is -2.37. The summed E-state index contributed by atoms with van der Waals surface area (Å²) in [5.74, 6) is 0.556. The van der Waals surface area contributed by atoms with Gasteiger partial charge in [-0.15, -0.1) is 0 Å². The van der Waals surface area contributed by atoms with E-state index in [1.54, 1.807) is 24.3 Å². The molecule has 0 radical (unpaired) electrons. The standard InChI is InChI=1S/C21H20FN3O/c22-18-3-1-2-17-19-12-23-13-25(19)21(20(17)18)14-8-10-24(11-9-14)15-4-6-16(26)7-5-15/h1-7,12-14,21,26H,8-11H2. The third-order valence-electron chi connectivity index (χ3n) is 5.79. The van der Waals surface area contributed by atoms with Crippen molar-refractivity contribution in [3.05, 3.63) is 66.4 Å². The van der Waals surface area contributed by atoms with Crippen LogP contribution in [-0.4, -0.2) is 27.7 Å². The molecule has 1 N–H and O–H groups in total. The Morgan fingerprint density at radius 3 is 2.58 bits per heavy atom. The second kappa shape index (κ2) is 5.87. The van der Waals surface area contributed by atoms with Crippen molar-refractivity contribution in [1.29, 1.82) is 0 Å². The van der Waals surface area contributed by atoms with Crippen LogP contribution >= 0.6 is 0 Å². The van der Waals surface area contributed by atoms with Crippen LogP contribution in [-0.2, 0) is 0 Å². The van der Waals surface area contributed by atoms with Crippen LogP contribution in [0.4, 0.5) is 10.1 Å². The van der Waals surface area contributed by atoms with Gasteiger partial charge in [0.05, 0.1) is 24.3 Å². The Balaban J connectivity index is 1.41. The fourth-order valence-electron chi connectivity index (χ4n) is 4.53. The minimum Gasteiger partial charge on any atom is -0.508 e. The maximum Gasteiger partial charge on any atom is 0.129 e. The summed E-state index contributed by atoms with van der Waals surface area (Å²) in [5, 5.41) is 9.47. The summed E-state index contributed by atoms with van der Waals surface area (Å²) in [4.78, 5) is 6.63. The number of halogens is 1. The van der Waals surface area contributed by atoms with E-state index in [9.17, 15) is 9.50 Å². The molecule has 0 aliphatic carbocycles. The zero-order valence-corrected chi connectivity index (χ0v) is 14.3. The fourth-order valence-corrected chi connectivity index (χ4v) is 4.53. The molecule has 2 aromatic carbocycles. The molecular weight excluding hydrogens is 329 g/mol. The fraction of sp³-hybridized carbons (Fsp3) is 0.286. The largest absolute Gasteiger partial charge is 0.508 e. The monoisotopic (exact) mass is 349 g/mol. The molecule has 1 aromatic heterocycles. The maximum absolute atomic E-state index is 14.6. The molecule has 0 bridgehead atoms. The predicted molar refractivity (Wildman–Crippen MR) is 98.8 cm³/mol. The second-order valence-electron chi connectivity index (χ2n) is 7.17. The first-order chi connectivity index (χ1) is 12.7. The Morgan fingerprint density at radius 1 is 1.04 bits per heavy atom. The summed E-state index contributed by atoms with van der Waals surface area (Å²) in [6.07, 6.45) is 5.67. The Kier molecular flexibility index (Phi) is 3.48. The molecule has 1 atom stereocenters. The SMILES string of the molecule is Oc1ccc(N2CCC(C3c4c(F)cccc4-c4cncn43)CC2)cc1. The highest BCUT2D eigenvalue weighted by atomic mass is 19.1. The summed E-state index contributed by atoms with van der Waals surface area (Å²) in [7, 11) is 0. The van der Waals surface area contributed by atoms with E-state index in [1.165, 1.54) is 0 Å². The Bertz CT molecular complexity index is 942. The minimum absolute atomic E-state index is 0.0330. The van der Waals surface area contributed by atoms with Crippen molar-refractivity contribution < 1.29 is 9.50 Å². The molecule has 26 heavy (non-hydrogen) atoms. The molecule has 4 nitrogen and oxygen atoms in total. The van der Waals surface area contributed by atoms with Crippen LogP contribution in [0.2, 0.25) is 0 Å². The highest BCUT2D eigenvalue weighted by Crippen LogP contribution is 2.46. The van der Waals surface area contributed by atoms with Crippen LogP contribution in [0.3, 0.4) is 0 Å². The predicted octanol–water partition coefficient (Wildman–Crippen LogP) is 4.21. The van der Waals surface area contributed by atoms with Crippen LogP contribution in [0.5, 0.6) is 5.75 Å². The lowest BCUT2D eigenvalue weighted by molar-refractivity contribution is 0.312.